The minimum Gasteiger partial charge on any atom is -0.0622 e. The average molecular weight is 272 g/mol. The molecular weight excluding hydrogens is 252 g/mol. The predicted octanol–water partition coefficient (Wildman–Crippen LogP) is 5.56. The van der Waals surface area contributed by atoms with E-state index in [1.54, 1.807) is 0 Å². The van der Waals surface area contributed by atoms with Crippen molar-refractivity contribution < 1.29 is 0 Å². The number of rotatable bonds is 3. The number of aryl methyl sites for hydroxylation is 2. The third-order valence-electron chi connectivity index (χ3n) is 3.96. The van der Waals surface area contributed by atoms with Crippen molar-refractivity contribution in [3.05, 3.63) is 95.1 Å². The van der Waals surface area contributed by atoms with E-state index in [0.29, 0.717) is 0 Å². The first kappa shape index (κ1) is 13.6. The first-order valence-corrected chi connectivity index (χ1v) is 7.43. The lowest BCUT2D eigenvalue weighted by molar-refractivity contribution is 1.16. The van der Waals surface area contributed by atoms with E-state index in [2.05, 4.69) is 86.6 Å². The van der Waals surface area contributed by atoms with Gasteiger partial charge in [-0.05, 0) is 48.1 Å². The van der Waals surface area contributed by atoms with Gasteiger partial charge in [0.1, 0.15) is 0 Å². The number of hydrogen-bond acceptors (Lipinski definition) is 0. The molecule has 0 unspecified atom stereocenters. The van der Waals surface area contributed by atoms with Crippen LogP contribution >= 0.6 is 0 Å². The van der Waals surface area contributed by atoms with Crippen molar-refractivity contribution >= 4 is 0 Å². The smallest absolute Gasteiger partial charge is 0.00231 e. The Balaban J connectivity index is 1.88. The minimum absolute atomic E-state index is 1.00. The summed E-state index contributed by atoms with van der Waals surface area (Å²) in [6.07, 6.45) is 1.00. The van der Waals surface area contributed by atoms with Gasteiger partial charge in [-0.25, -0.2) is 0 Å². The third kappa shape index (κ3) is 3.22. The Kier molecular flexibility index (Phi) is 3.87. The van der Waals surface area contributed by atoms with Gasteiger partial charge in [-0.15, -0.1) is 0 Å². The van der Waals surface area contributed by atoms with E-state index in [4.69, 9.17) is 0 Å². The van der Waals surface area contributed by atoms with Crippen LogP contribution in [0.15, 0.2) is 72.8 Å². The maximum absolute atomic E-state index is 2.29. The van der Waals surface area contributed by atoms with Crippen LogP contribution < -0.4 is 0 Å². The maximum atomic E-state index is 2.29. The molecule has 0 heteroatoms. The Hall–Kier alpha value is -2.34. The highest BCUT2D eigenvalue weighted by atomic mass is 14.1. The molecule has 3 aromatic rings. The molecule has 0 atom stereocenters. The molecule has 104 valence electrons. The molecule has 0 aliphatic carbocycles. The van der Waals surface area contributed by atoms with Gasteiger partial charge < -0.3 is 0 Å². The zero-order valence-corrected chi connectivity index (χ0v) is 12.6. The van der Waals surface area contributed by atoms with Gasteiger partial charge in [-0.2, -0.15) is 0 Å². The van der Waals surface area contributed by atoms with Crippen LogP contribution in [0.25, 0.3) is 11.1 Å². The van der Waals surface area contributed by atoms with Gasteiger partial charge >= 0.3 is 0 Å². The molecule has 0 nitrogen and oxygen atoms in total. The van der Waals surface area contributed by atoms with Crippen LogP contribution in [0.4, 0.5) is 0 Å². The summed E-state index contributed by atoms with van der Waals surface area (Å²) in [6.45, 7) is 4.33. The molecule has 0 radical (unpaired) electrons. The molecule has 0 N–H and O–H groups in total. The van der Waals surface area contributed by atoms with Gasteiger partial charge in [0, 0.05) is 0 Å². The van der Waals surface area contributed by atoms with E-state index in [1.807, 2.05) is 0 Å². The highest BCUT2D eigenvalue weighted by Crippen LogP contribution is 2.24. The molecule has 0 saturated heterocycles. The highest BCUT2D eigenvalue weighted by molar-refractivity contribution is 5.65. The quantitative estimate of drug-likeness (QED) is 0.585. The topological polar surface area (TPSA) is 0 Å². The summed E-state index contributed by atoms with van der Waals surface area (Å²) in [4.78, 5) is 0. The lowest BCUT2D eigenvalue weighted by atomic mass is 9.96. The summed E-state index contributed by atoms with van der Waals surface area (Å²) >= 11 is 0. The molecule has 3 aromatic carbocycles. The van der Waals surface area contributed by atoms with Gasteiger partial charge in [0.25, 0.3) is 0 Å². The monoisotopic (exact) mass is 272 g/mol. The highest BCUT2D eigenvalue weighted by Gasteiger charge is 2.03. The standard InChI is InChI=1S/C21H20/c1-16-8-10-19(11-9-16)21-13-12-20(17(2)14-21)15-18-6-4-3-5-7-18/h3-14H,15H2,1-2H3. The van der Waals surface area contributed by atoms with E-state index >= 15 is 0 Å². The van der Waals surface area contributed by atoms with Crippen LogP contribution in [0.2, 0.25) is 0 Å². The Morgan fingerprint density at radius 3 is 2.00 bits per heavy atom. The van der Waals surface area contributed by atoms with Crippen LogP contribution in [0.3, 0.4) is 0 Å². The molecular formula is C21H20. The van der Waals surface area contributed by atoms with Crippen LogP contribution in [0, 0.1) is 13.8 Å². The number of hydrogen-bond donors (Lipinski definition) is 0. The third-order valence-corrected chi connectivity index (χ3v) is 3.96. The van der Waals surface area contributed by atoms with Crippen molar-refractivity contribution in [2.75, 3.05) is 0 Å². The van der Waals surface area contributed by atoms with Crippen LogP contribution in [0.5, 0.6) is 0 Å². The molecule has 0 spiro atoms. The van der Waals surface area contributed by atoms with Crippen LogP contribution in [0.1, 0.15) is 22.3 Å². The van der Waals surface area contributed by atoms with Crippen molar-refractivity contribution in [3.63, 3.8) is 0 Å². The SMILES string of the molecule is Cc1ccc(-c2ccc(Cc3ccccc3)c(C)c2)cc1. The Morgan fingerprint density at radius 2 is 1.33 bits per heavy atom. The van der Waals surface area contributed by atoms with Crippen LogP contribution in [-0.4, -0.2) is 0 Å². The number of benzene rings is 3. The molecule has 0 heterocycles. The first-order valence-electron chi connectivity index (χ1n) is 7.43. The summed E-state index contributed by atoms with van der Waals surface area (Å²) in [5, 5.41) is 0. The Morgan fingerprint density at radius 1 is 0.667 bits per heavy atom. The van der Waals surface area contributed by atoms with Gasteiger partial charge in [0.15, 0.2) is 0 Å². The Labute approximate surface area is 127 Å². The molecule has 0 amide bonds. The molecule has 0 saturated carbocycles. The maximum Gasteiger partial charge on any atom is -0.00231 e. The van der Waals surface area contributed by atoms with Gasteiger partial charge in [0.2, 0.25) is 0 Å². The predicted molar refractivity (Wildman–Crippen MR) is 90.6 cm³/mol. The van der Waals surface area contributed by atoms with Gasteiger partial charge in [-0.1, -0.05) is 78.4 Å². The molecule has 0 aliphatic heterocycles. The summed E-state index contributed by atoms with van der Waals surface area (Å²) in [5.41, 5.74) is 8.01. The molecule has 0 aliphatic rings. The van der Waals surface area contributed by atoms with Crippen molar-refractivity contribution in [2.24, 2.45) is 0 Å². The van der Waals surface area contributed by atoms with Gasteiger partial charge in [-0.3, -0.25) is 0 Å². The molecule has 3 rings (SSSR count). The first-order chi connectivity index (χ1) is 10.2. The fourth-order valence-corrected chi connectivity index (χ4v) is 2.64. The second-order valence-corrected chi connectivity index (χ2v) is 5.67. The molecule has 0 aromatic heterocycles. The lowest BCUT2D eigenvalue weighted by Gasteiger charge is -2.09. The van der Waals surface area contributed by atoms with Crippen molar-refractivity contribution in [1.29, 1.82) is 0 Å². The molecule has 21 heavy (non-hydrogen) atoms. The van der Waals surface area contributed by atoms with E-state index in [9.17, 15) is 0 Å². The van der Waals surface area contributed by atoms with E-state index in [0.717, 1.165) is 6.42 Å². The normalized spacial score (nSPS) is 10.6. The summed E-state index contributed by atoms with van der Waals surface area (Å²) in [6, 6.07) is 26.2. The van der Waals surface area contributed by atoms with Crippen molar-refractivity contribution in [2.45, 2.75) is 20.3 Å². The zero-order valence-electron chi connectivity index (χ0n) is 12.6. The fourth-order valence-electron chi connectivity index (χ4n) is 2.64. The van der Waals surface area contributed by atoms with Crippen LogP contribution in [-0.2, 0) is 6.42 Å². The summed E-state index contributed by atoms with van der Waals surface area (Å²) in [7, 11) is 0. The fraction of sp³-hybridized carbons (Fsp3) is 0.143. The second kappa shape index (κ2) is 5.97. The van der Waals surface area contributed by atoms with E-state index < -0.39 is 0 Å². The zero-order chi connectivity index (χ0) is 14.7. The molecule has 0 fully saturated rings. The minimum atomic E-state index is 1.00. The Bertz CT molecular complexity index is 722. The summed E-state index contributed by atoms with van der Waals surface area (Å²) in [5.74, 6) is 0. The van der Waals surface area contributed by atoms with E-state index in [-0.39, 0.29) is 0 Å². The van der Waals surface area contributed by atoms with Crippen molar-refractivity contribution in [3.8, 4) is 11.1 Å². The van der Waals surface area contributed by atoms with Gasteiger partial charge in [0.05, 0.1) is 0 Å². The lowest BCUT2D eigenvalue weighted by Crippen LogP contribution is -1.92. The summed E-state index contributed by atoms with van der Waals surface area (Å²) < 4.78 is 0. The second-order valence-electron chi connectivity index (χ2n) is 5.67. The van der Waals surface area contributed by atoms with E-state index in [1.165, 1.54) is 33.4 Å². The molecule has 0 bridgehead atoms. The van der Waals surface area contributed by atoms with Crippen molar-refractivity contribution in [1.82, 2.24) is 0 Å². The average Bonchev–Trinajstić information content (AvgIpc) is 2.51. The largest absolute Gasteiger partial charge is 0.0622 e.